The third kappa shape index (κ3) is 1.63. The summed E-state index contributed by atoms with van der Waals surface area (Å²) < 4.78 is 5.98. The van der Waals surface area contributed by atoms with Crippen molar-refractivity contribution in [3.05, 3.63) is 22.9 Å². The van der Waals surface area contributed by atoms with E-state index >= 15 is 0 Å². The minimum atomic E-state index is 0.0452. The fourth-order valence-corrected chi connectivity index (χ4v) is 0.903. The summed E-state index contributed by atoms with van der Waals surface area (Å²) in [5.74, 6) is 0. The summed E-state index contributed by atoms with van der Waals surface area (Å²) in [6.07, 6.45) is 5.49. The van der Waals surface area contributed by atoms with Gasteiger partial charge >= 0.3 is 0 Å². The minimum absolute atomic E-state index is 0.0452. The van der Waals surface area contributed by atoms with Gasteiger partial charge in [0.1, 0.15) is 0 Å². The molecule has 3 heteroatoms. The lowest BCUT2D eigenvalue weighted by atomic mass is 10.4. The average Bonchev–Trinajstić information content (AvgIpc) is 1.77. The second-order valence-electron chi connectivity index (χ2n) is 1.35. The smallest absolute Gasteiger partial charge is 0.171 e. The van der Waals surface area contributed by atoms with Crippen LogP contribution in [0.15, 0.2) is 22.9 Å². The zero-order valence-corrected chi connectivity index (χ0v) is 7.15. The maximum atomic E-state index is 5.01. The van der Waals surface area contributed by atoms with Crippen LogP contribution < -0.4 is 0 Å². The highest BCUT2D eigenvalue weighted by molar-refractivity contribution is 9.12. The Balaban J connectivity index is 2.58. The van der Waals surface area contributed by atoms with Crippen LogP contribution in [0.4, 0.5) is 0 Å². The number of rotatable bonds is 0. The Bertz CT molecular complexity index is 139. The van der Waals surface area contributed by atoms with E-state index in [1.165, 1.54) is 0 Å². The van der Waals surface area contributed by atoms with Crippen LogP contribution in [0.1, 0.15) is 0 Å². The van der Waals surface area contributed by atoms with E-state index in [1.54, 1.807) is 6.26 Å². The van der Waals surface area contributed by atoms with Crippen LogP contribution in [0.5, 0.6) is 0 Å². The summed E-state index contributed by atoms with van der Waals surface area (Å²) in [5, 5.41) is 0.0452. The topological polar surface area (TPSA) is 9.23 Å². The zero-order chi connectivity index (χ0) is 5.98. The molecule has 1 unspecified atom stereocenters. The maximum Gasteiger partial charge on any atom is 0.171 e. The van der Waals surface area contributed by atoms with Crippen molar-refractivity contribution < 1.29 is 4.74 Å². The summed E-state index contributed by atoms with van der Waals surface area (Å²) in [7, 11) is 0. The van der Waals surface area contributed by atoms with Crippen LogP contribution in [0.25, 0.3) is 0 Å². The first kappa shape index (κ1) is 6.36. The van der Waals surface area contributed by atoms with Crippen molar-refractivity contribution in [2.45, 2.75) is 5.01 Å². The molecule has 0 amide bonds. The van der Waals surface area contributed by atoms with E-state index < -0.39 is 0 Å². The predicted molar refractivity (Wildman–Crippen MR) is 40.0 cm³/mol. The molecule has 1 heterocycles. The highest BCUT2D eigenvalue weighted by Gasteiger charge is 2.00. The molecule has 0 aromatic heterocycles. The lowest BCUT2D eigenvalue weighted by Crippen LogP contribution is -1.97. The Morgan fingerprint density at radius 2 is 2.38 bits per heavy atom. The van der Waals surface area contributed by atoms with E-state index in [1.807, 2.05) is 12.2 Å². The second-order valence-corrected chi connectivity index (χ2v) is 3.17. The Hall–Kier alpha value is 0.240. The Kier molecular flexibility index (Phi) is 2.14. The van der Waals surface area contributed by atoms with Crippen molar-refractivity contribution in [3.8, 4) is 0 Å². The predicted octanol–water partition coefficient (Wildman–Crippen LogP) is 2.53. The molecule has 0 aliphatic carbocycles. The van der Waals surface area contributed by atoms with Crippen LogP contribution in [0, 0.1) is 0 Å². The fraction of sp³-hybridized carbons (Fsp3) is 0.200. The van der Waals surface area contributed by atoms with E-state index in [-0.39, 0.29) is 5.01 Å². The molecule has 1 aliphatic heterocycles. The van der Waals surface area contributed by atoms with Gasteiger partial charge in [0.15, 0.2) is 5.01 Å². The lowest BCUT2D eigenvalue weighted by Gasteiger charge is -2.07. The Morgan fingerprint density at radius 1 is 1.62 bits per heavy atom. The van der Waals surface area contributed by atoms with Gasteiger partial charge in [-0.3, -0.25) is 0 Å². The minimum Gasteiger partial charge on any atom is -0.482 e. The van der Waals surface area contributed by atoms with Crippen LogP contribution in [0.2, 0.25) is 0 Å². The van der Waals surface area contributed by atoms with Gasteiger partial charge in [0.05, 0.1) is 10.7 Å². The molecular weight excluding hydrogens is 236 g/mol. The van der Waals surface area contributed by atoms with E-state index in [0.717, 1.165) is 4.48 Å². The number of hydrogen-bond acceptors (Lipinski definition) is 1. The van der Waals surface area contributed by atoms with Gasteiger partial charge < -0.3 is 4.74 Å². The van der Waals surface area contributed by atoms with Gasteiger partial charge in [0.2, 0.25) is 0 Å². The number of hydrogen-bond donors (Lipinski definition) is 0. The first-order chi connectivity index (χ1) is 3.79. The second kappa shape index (κ2) is 2.69. The van der Waals surface area contributed by atoms with Crippen LogP contribution in [0.3, 0.4) is 0 Å². The first-order valence-electron chi connectivity index (χ1n) is 2.12. The van der Waals surface area contributed by atoms with E-state index in [9.17, 15) is 0 Å². The van der Waals surface area contributed by atoms with E-state index in [4.69, 9.17) is 4.74 Å². The lowest BCUT2D eigenvalue weighted by molar-refractivity contribution is 0.262. The Labute approximate surface area is 64.7 Å². The molecule has 1 nitrogen and oxygen atoms in total. The average molecular weight is 240 g/mol. The molecule has 0 saturated heterocycles. The normalized spacial score (nSPS) is 26.8. The SMILES string of the molecule is BrC1=COC(Br)C=C1. The van der Waals surface area contributed by atoms with Crippen molar-refractivity contribution in [2.75, 3.05) is 0 Å². The highest BCUT2D eigenvalue weighted by atomic mass is 79.9. The zero-order valence-electron chi connectivity index (χ0n) is 3.97. The molecule has 1 aliphatic rings. The molecule has 44 valence electrons. The number of alkyl halides is 1. The van der Waals surface area contributed by atoms with E-state index in [0.29, 0.717) is 0 Å². The standard InChI is InChI=1S/C5H4Br2O/c6-4-1-2-5(7)8-3-4/h1-3,5H. The number of allylic oxidation sites excluding steroid dienone is 2. The number of halogens is 2. The Morgan fingerprint density at radius 3 is 2.75 bits per heavy atom. The molecule has 1 rings (SSSR count). The van der Waals surface area contributed by atoms with Crippen molar-refractivity contribution in [3.63, 3.8) is 0 Å². The summed E-state index contributed by atoms with van der Waals surface area (Å²) in [6, 6.07) is 0. The molecule has 0 aromatic carbocycles. The van der Waals surface area contributed by atoms with Crippen LogP contribution in [-0.4, -0.2) is 5.01 Å². The van der Waals surface area contributed by atoms with Gasteiger partial charge in [-0.05, 0) is 44.0 Å². The van der Waals surface area contributed by atoms with Crippen molar-refractivity contribution in [2.24, 2.45) is 0 Å². The molecule has 0 spiro atoms. The highest BCUT2D eigenvalue weighted by Crippen LogP contribution is 2.17. The molecule has 0 radical (unpaired) electrons. The van der Waals surface area contributed by atoms with Crippen molar-refractivity contribution >= 4 is 31.9 Å². The largest absolute Gasteiger partial charge is 0.482 e. The van der Waals surface area contributed by atoms with Gasteiger partial charge in [0, 0.05) is 0 Å². The monoisotopic (exact) mass is 238 g/mol. The van der Waals surface area contributed by atoms with E-state index in [2.05, 4.69) is 31.9 Å². The third-order valence-corrected chi connectivity index (χ3v) is 1.69. The summed E-state index contributed by atoms with van der Waals surface area (Å²) >= 11 is 6.49. The third-order valence-electron chi connectivity index (χ3n) is 0.717. The molecule has 0 aromatic rings. The van der Waals surface area contributed by atoms with Gasteiger partial charge in [0.25, 0.3) is 0 Å². The van der Waals surface area contributed by atoms with Gasteiger partial charge in [-0.15, -0.1) is 0 Å². The van der Waals surface area contributed by atoms with Crippen molar-refractivity contribution in [1.29, 1.82) is 0 Å². The summed E-state index contributed by atoms with van der Waals surface area (Å²) in [6.45, 7) is 0. The fourth-order valence-electron chi connectivity index (χ4n) is 0.382. The first-order valence-corrected chi connectivity index (χ1v) is 3.83. The van der Waals surface area contributed by atoms with Crippen LogP contribution in [-0.2, 0) is 4.74 Å². The molecule has 1 atom stereocenters. The molecule has 0 N–H and O–H groups in total. The van der Waals surface area contributed by atoms with Crippen LogP contribution >= 0.6 is 31.9 Å². The molecule has 0 bridgehead atoms. The van der Waals surface area contributed by atoms with Gasteiger partial charge in [-0.2, -0.15) is 0 Å². The number of ether oxygens (including phenoxy) is 1. The molecular formula is C5H4Br2O. The van der Waals surface area contributed by atoms with Gasteiger partial charge in [-0.25, -0.2) is 0 Å². The van der Waals surface area contributed by atoms with Crippen molar-refractivity contribution in [1.82, 2.24) is 0 Å². The molecule has 8 heavy (non-hydrogen) atoms. The quantitative estimate of drug-likeness (QED) is 0.591. The summed E-state index contributed by atoms with van der Waals surface area (Å²) in [5.41, 5.74) is 0. The maximum absolute atomic E-state index is 5.01. The molecule has 0 saturated carbocycles. The van der Waals surface area contributed by atoms with Gasteiger partial charge in [-0.1, -0.05) is 0 Å². The summed E-state index contributed by atoms with van der Waals surface area (Å²) in [4.78, 5) is 0. The molecule has 0 fully saturated rings.